The van der Waals surface area contributed by atoms with Gasteiger partial charge in [0.05, 0.1) is 30.5 Å². The maximum Gasteiger partial charge on any atom is 0.335 e. The van der Waals surface area contributed by atoms with Crippen LogP contribution in [-0.4, -0.2) is 50.2 Å². The van der Waals surface area contributed by atoms with E-state index >= 15 is 0 Å². The number of benzene rings is 3. The monoisotopic (exact) mass is 639 g/mol. The van der Waals surface area contributed by atoms with Crippen molar-refractivity contribution in [3.05, 3.63) is 76.6 Å². The smallest absolute Gasteiger partial charge is 0.335 e. The van der Waals surface area contributed by atoms with Crippen LogP contribution in [0.2, 0.25) is 5.02 Å². The Balaban J connectivity index is 1.59. The number of barbiturate groups is 1. The van der Waals surface area contributed by atoms with Crippen molar-refractivity contribution in [1.29, 1.82) is 0 Å². The van der Waals surface area contributed by atoms with Gasteiger partial charge in [-0.25, -0.2) is 14.1 Å². The summed E-state index contributed by atoms with van der Waals surface area (Å²) in [6.45, 7) is 5.99. The lowest BCUT2D eigenvalue weighted by molar-refractivity contribution is -0.122. The van der Waals surface area contributed by atoms with Gasteiger partial charge in [0.2, 0.25) is 0 Å². The molecular weight excluding hydrogens is 609 g/mol. The maximum atomic E-state index is 13.5. The van der Waals surface area contributed by atoms with Crippen molar-refractivity contribution in [3.63, 3.8) is 0 Å². The van der Waals surface area contributed by atoms with Crippen LogP contribution in [0.15, 0.2) is 60.2 Å². The van der Waals surface area contributed by atoms with Gasteiger partial charge in [-0.05, 0) is 80.4 Å². The normalized spacial score (nSPS) is 13.8. The number of ether oxygens (including phenoxy) is 4. The molecule has 1 fully saturated rings. The molecule has 2 N–H and O–H groups in total. The topological polar surface area (TPSA) is 132 Å². The Labute approximate surface area is 263 Å². The summed E-state index contributed by atoms with van der Waals surface area (Å²) in [5.41, 5.74) is 0.488. The molecule has 1 saturated heterocycles. The molecule has 1 aliphatic heterocycles. The van der Waals surface area contributed by atoms with Gasteiger partial charge in [-0.3, -0.25) is 19.7 Å². The molecule has 0 atom stereocenters. The number of amides is 5. The molecule has 0 spiro atoms. The third kappa shape index (κ3) is 8.09. The zero-order valence-corrected chi connectivity index (χ0v) is 25.5. The second-order valence-electron chi connectivity index (χ2n) is 9.48. The van der Waals surface area contributed by atoms with Gasteiger partial charge < -0.3 is 24.3 Å². The first-order chi connectivity index (χ1) is 21.6. The minimum Gasteiger partial charge on any atom is -0.490 e. The summed E-state index contributed by atoms with van der Waals surface area (Å²) in [4.78, 5) is 52.4. The summed E-state index contributed by atoms with van der Waals surface area (Å²) >= 11 is 6.48. The fraction of sp³-hybridized carbons (Fsp3) is 0.250. The van der Waals surface area contributed by atoms with Gasteiger partial charge in [0.1, 0.15) is 11.4 Å². The Morgan fingerprint density at radius 1 is 0.911 bits per heavy atom. The summed E-state index contributed by atoms with van der Waals surface area (Å²) in [5, 5.41) is 4.79. The van der Waals surface area contributed by atoms with Gasteiger partial charge in [-0.2, -0.15) is 0 Å². The van der Waals surface area contributed by atoms with Crippen LogP contribution in [0.5, 0.6) is 23.0 Å². The molecule has 11 nitrogen and oxygen atoms in total. The zero-order valence-electron chi connectivity index (χ0n) is 24.8. The fourth-order valence-corrected chi connectivity index (χ4v) is 4.51. The SMILES string of the molecule is CCCOc1ccc(N2C(=O)NC(=O)/C(=C\c3cc(Cl)c(OCC(=O)Nc4ccc(F)cc4)c(OCC)c3)C2=O)cc1OCC. The van der Waals surface area contributed by atoms with Gasteiger partial charge in [0.15, 0.2) is 29.6 Å². The third-order valence-electron chi connectivity index (χ3n) is 6.17. The first-order valence-electron chi connectivity index (χ1n) is 14.1. The van der Waals surface area contributed by atoms with Crippen molar-refractivity contribution in [2.24, 2.45) is 0 Å². The number of nitrogens with zero attached hydrogens (tertiary/aromatic N) is 1. The number of urea groups is 1. The van der Waals surface area contributed by atoms with Crippen LogP contribution >= 0.6 is 11.6 Å². The van der Waals surface area contributed by atoms with E-state index in [4.69, 9.17) is 30.5 Å². The van der Waals surface area contributed by atoms with Crippen molar-refractivity contribution in [2.45, 2.75) is 27.2 Å². The molecule has 0 bridgehead atoms. The van der Waals surface area contributed by atoms with E-state index in [-0.39, 0.29) is 40.0 Å². The largest absolute Gasteiger partial charge is 0.490 e. The summed E-state index contributed by atoms with van der Waals surface area (Å²) in [6, 6.07) is 11.8. The molecule has 3 aromatic rings. The van der Waals surface area contributed by atoms with E-state index < -0.39 is 36.2 Å². The highest BCUT2D eigenvalue weighted by molar-refractivity contribution is 6.39. The molecule has 0 unspecified atom stereocenters. The number of halogens is 2. The molecule has 4 rings (SSSR count). The number of rotatable bonds is 13. The molecule has 13 heteroatoms. The van der Waals surface area contributed by atoms with Gasteiger partial charge >= 0.3 is 6.03 Å². The second-order valence-corrected chi connectivity index (χ2v) is 9.88. The molecule has 236 valence electrons. The lowest BCUT2D eigenvalue weighted by atomic mass is 10.1. The van der Waals surface area contributed by atoms with Crippen LogP contribution in [0.3, 0.4) is 0 Å². The Morgan fingerprint density at radius 2 is 1.62 bits per heavy atom. The van der Waals surface area contributed by atoms with Gasteiger partial charge in [0.25, 0.3) is 17.7 Å². The average Bonchev–Trinajstić information content (AvgIpc) is 3.00. The van der Waals surface area contributed by atoms with E-state index in [0.717, 1.165) is 11.3 Å². The predicted octanol–water partition coefficient (Wildman–Crippen LogP) is 5.75. The van der Waals surface area contributed by atoms with Crippen LogP contribution in [0.1, 0.15) is 32.8 Å². The van der Waals surface area contributed by atoms with E-state index in [9.17, 15) is 23.6 Å². The highest BCUT2D eigenvalue weighted by Crippen LogP contribution is 2.38. The minimum absolute atomic E-state index is 0.0306. The molecule has 1 heterocycles. The summed E-state index contributed by atoms with van der Waals surface area (Å²) < 4.78 is 35.8. The second kappa shape index (κ2) is 15.1. The highest BCUT2D eigenvalue weighted by Gasteiger charge is 2.37. The molecule has 0 aliphatic carbocycles. The van der Waals surface area contributed by atoms with Gasteiger partial charge in [-0.1, -0.05) is 18.5 Å². The minimum atomic E-state index is -0.928. The molecule has 1 aliphatic rings. The van der Waals surface area contributed by atoms with Gasteiger partial charge in [-0.15, -0.1) is 0 Å². The van der Waals surface area contributed by atoms with Gasteiger partial charge in [0, 0.05) is 11.8 Å². The molecule has 5 amide bonds. The predicted molar refractivity (Wildman–Crippen MR) is 166 cm³/mol. The summed E-state index contributed by atoms with van der Waals surface area (Å²) in [7, 11) is 0. The first kappa shape index (κ1) is 32.8. The highest BCUT2D eigenvalue weighted by atomic mass is 35.5. The van der Waals surface area contributed by atoms with E-state index in [2.05, 4.69) is 10.6 Å². The number of anilines is 2. The quantitative estimate of drug-likeness (QED) is 0.179. The van der Waals surface area contributed by atoms with Crippen molar-refractivity contribution in [3.8, 4) is 23.0 Å². The number of hydrogen-bond acceptors (Lipinski definition) is 8. The number of carbonyl (C=O) groups excluding carboxylic acids is 4. The van der Waals surface area contributed by atoms with Crippen molar-refractivity contribution in [1.82, 2.24) is 5.32 Å². The van der Waals surface area contributed by atoms with Crippen molar-refractivity contribution < 1.29 is 42.5 Å². The van der Waals surface area contributed by atoms with Crippen LogP contribution < -0.4 is 34.5 Å². The Kier molecular flexibility index (Phi) is 11.0. The molecule has 3 aromatic carbocycles. The zero-order chi connectivity index (χ0) is 32.5. The number of hydrogen-bond donors (Lipinski definition) is 2. The molecular formula is C32H31ClFN3O8. The average molecular weight is 640 g/mol. The Hall–Kier alpha value is -5.10. The molecule has 0 radical (unpaired) electrons. The molecule has 45 heavy (non-hydrogen) atoms. The third-order valence-corrected chi connectivity index (χ3v) is 6.45. The Morgan fingerprint density at radius 3 is 2.31 bits per heavy atom. The number of imide groups is 2. The van der Waals surface area contributed by atoms with Crippen molar-refractivity contribution in [2.75, 3.05) is 36.6 Å². The van der Waals surface area contributed by atoms with Crippen LogP contribution in [0.25, 0.3) is 6.08 Å². The van der Waals surface area contributed by atoms with Crippen LogP contribution in [-0.2, 0) is 14.4 Å². The lowest BCUT2D eigenvalue weighted by Crippen LogP contribution is -2.54. The van der Waals surface area contributed by atoms with E-state index in [1.165, 1.54) is 54.6 Å². The summed E-state index contributed by atoms with van der Waals surface area (Å²) in [6.07, 6.45) is 2.03. The van der Waals surface area contributed by atoms with Crippen molar-refractivity contribution >= 4 is 52.8 Å². The van der Waals surface area contributed by atoms with Crippen LogP contribution in [0.4, 0.5) is 20.6 Å². The Bertz CT molecular complexity index is 1630. The van der Waals surface area contributed by atoms with E-state index in [1.807, 2.05) is 6.92 Å². The summed E-state index contributed by atoms with van der Waals surface area (Å²) in [5.74, 6) is -1.76. The molecule has 0 saturated carbocycles. The number of carbonyl (C=O) groups is 4. The maximum absolute atomic E-state index is 13.5. The lowest BCUT2D eigenvalue weighted by Gasteiger charge is -2.27. The first-order valence-corrected chi connectivity index (χ1v) is 14.5. The standard InChI is InChI=1S/C32H31ClFN3O8/c1-4-13-44-25-12-11-22(17-26(25)42-5-2)37-31(40)23(30(39)36-32(37)41)14-19-15-24(33)29(27(16-19)43-6-3)45-18-28(38)35-21-9-7-20(34)8-10-21/h7-12,14-17H,4-6,13,18H2,1-3H3,(H,35,38)(H,36,39,41)/b23-14+. The van der Waals surface area contributed by atoms with E-state index in [1.54, 1.807) is 19.9 Å². The van der Waals surface area contributed by atoms with E-state index in [0.29, 0.717) is 30.4 Å². The van der Waals surface area contributed by atoms with Crippen LogP contribution in [0, 0.1) is 5.82 Å². The number of nitrogens with one attached hydrogen (secondary N) is 2. The molecule has 0 aromatic heterocycles. The fourth-order valence-electron chi connectivity index (χ4n) is 4.24.